The molecule has 0 aromatic carbocycles. The van der Waals surface area contributed by atoms with Gasteiger partial charge >= 0.3 is 35.5 Å². The van der Waals surface area contributed by atoms with E-state index >= 15 is 0 Å². The number of pyridine rings is 1. The van der Waals surface area contributed by atoms with Crippen LogP contribution in [0.3, 0.4) is 0 Å². The van der Waals surface area contributed by atoms with Crippen molar-refractivity contribution in [1.29, 1.82) is 0 Å². The minimum Gasteiger partial charge on any atom is -0.550 e. The molecule has 82 valence electrons. The van der Waals surface area contributed by atoms with Gasteiger partial charge in [0.15, 0.2) is 0 Å². The van der Waals surface area contributed by atoms with Crippen LogP contribution in [-0.4, -0.2) is 22.0 Å². The molecule has 0 aliphatic rings. The van der Waals surface area contributed by atoms with Gasteiger partial charge in [-0.3, -0.25) is 4.98 Å². The third-order valence-corrected chi connectivity index (χ3v) is 1.36. The minimum absolute atomic E-state index is 0. The third kappa shape index (κ3) is 9.64. The minimum atomic E-state index is -0.961. The van der Waals surface area contributed by atoms with Gasteiger partial charge in [0.1, 0.15) is 0 Å². The summed E-state index contributed by atoms with van der Waals surface area (Å²) in [6.07, 6.45) is 3.69. The summed E-state index contributed by atoms with van der Waals surface area (Å²) in [6, 6.07) is 3.08. The van der Waals surface area contributed by atoms with Crippen LogP contribution in [0.25, 0.3) is 0 Å². The molecule has 0 bridgehead atoms. The third-order valence-electron chi connectivity index (χ3n) is 1.36. The van der Waals surface area contributed by atoms with Gasteiger partial charge in [0, 0.05) is 18.4 Å². The van der Waals surface area contributed by atoms with Gasteiger partial charge in [0.05, 0.1) is 5.56 Å². The fourth-order valence-electron chi connectivity index (χ4n) is 0.693. The van der Waals surface area contributed by atoms with Crippen molar-refractivity contribution >= 4 is 11.9 Å². The van der Waals surface area contributed by atoms with Crippen molar-refractivity contribution in [1.82, 2.24) is 4.98 Å². The van der Waals surface area contributed by atoms with E-state index in [0.29, 0.717) is 6.42 Å². The molecule has 5 nitrogen and oxygen atoms in total. The number of carboxylic acids is 2. The van der Waals surface area contributed by atoms with Gasteiger partial charge in [-0.15, -0.1) is 0 Å². The molecule has 1 N–H and O–H groups in total. The van der Waals surface area contributed by atoms with Gasteiger partial charge in [-0.05, 0) is 18.6 Å². The van der Waals surface area contributed by atoms with Crippen molar-refractivity contribution in [2.24, 2.45) is 0 Å². The molecule has 0 saturated carbocycles. The molecule has 0 amide bonds. The largest absolute Gasteiger partial charge is 1.00 e. The summed E-state index contributed by atoms with van der Waals surface area (Å²) in [5.41, 5.74) is 0.220. The van der Waals surface area contributed by atoms with E-state index in [1.165, 1.54) is 18.5 Å². The Balaban J connectivity index is 0. The van der Waals surface area contributed by atoms with Crippen LogP contribution in [0.15, 0.2) is 24.5 Å². The molecule has 0 atom stereocenters. The first-order valence-corrected chi connectivity index (χ1v) is 4.41. The van der Waals surface area contributed by atoms with Crippen molar-refractivity contribution in [3.8, 4) is 0 Å². The van der Waals surface area contributed by atoms with Crippen molar-refractivity contribution in [2.45, 2.75) is 19.8 Å². The van der Waals surface area contributed by atoms with Crippen LogP contribution in [0, 0.1) is 0 Å². The van der Waals surface area contributed by atoms with Gasteiger partial charge in [-0.1, -0.05) is 13.3 Å². The molecule has 0 fully saturated rings. The number of carbonyl (C=O) groups excluding carboxylic acids is 1. The molecule has 0 aliphatic carbocycles. The summed E-state index contributed by atoms with van der Waals surface area (Å²) in [7, 11) is 0. The van der Waals surface area contributed by atoms with Crippen molar-refractivity contribution < 1.29 is 49.4 Å². The Hall–Kier alpha value is -0.910. The van der Waals surface area contributed by atoms with E-state index in [2.05, 4.69) is 4.98 Å². The Kier molecular flexibility index (Phi) is 11.6. The zero-order valence-electron chi connectivity index (χ0n) is 9.34. The SMILES string of the molecule is CCCC(=O)[O-].O=C(O)c1cccnc1.[Na+]. The molecule has 0 unspecified atom stereocenters. The second-order valence-electron chi connectivity index (χ2n) is 2.67. The number of carbonyl (C=O) groups is 2. The van der Waals surface area contributed by atoms with Gasteiger partial charge in [-0.2, -0.15) is 0 Å². The Morgan fingerprint density at radius 1 is 1.50 bits per heavy atom. The van der Waals surface area contributed by atoms with Gasteiger partial charge < -0.3 is 15.0 Å². The molecule has 0 radical (unpaired) electrons. The number of hydrogen-bond acceptors (Lipinski definition) is 4. The average molecular weight is 233 g/mol. The second-order valence-corrected chi connectivity index (χ2v) is 2.67. The second kappa shape index (κ2) is 10.6. The van der Waals surface area contributed by atoms with Crippen molar-refractivity contribution in [3.63, 3.8) is 0 Å². The smallest absolute Gasteiger partial charge is 0.550 e. The van der Waals surface area contributed by atoms with Crippen LogP contribution in [0.1, 0.15) is 30.1 Å². The summed E-state index contributed by atoms with van der Waals surface area (Å²) < 4.78 is 0. The van der Waals surface area contributed by atoms with Gasteiger partial charge in [0.25, 0.3) is 0 Å². The Bertz CT molecular complexity index is 316. The van der Waals surface area contributed by atoms with Crippen LogP contribution in [0.5, 0.6) is 0 Å². The van der Waals surface area contributed by atoms with Crippen molar-refractivity contribution in [3.05, 3.63) is 30.1 Å². The van der Waals surface area contributed by atoms with E-state index in [1.807, 2.05) is 0 Å². The van der Waals surface area contributed by atoms with Crippen LogP contribution < -0.4 is 34.7 Å². The maximum absolute atomic E-state index is 10.2. The van der Waals surface area contributed by atoms with E-state index in [0.717, 1.165) is 0 Å². The number of aromatic nitrogens is 1. The first kappa shape index (κ1) is 17.5. The van der Waals surface area contributed by atoms with E-state index in [4.69, 9.17) is 5.11 Å². The first-order chi connectivity index (χ1) is 7.07. The van der Waals surface area contributed by atoms with Crippen molar-refractivity contribution in [2.75, 3.05) is 0 Å². The van der Waals surface area contributed by atoms with Crippen LogP contribution >= 0.6 is 0 Å². The van der Waals surface area contributed by atoms with Crippen LogP contribution in [0.4, 0.5) is 0 Å². The Morgan fingerprint density at radius 3 is 2.31 bits per heavy atom. The van der Waals surface area contributed by atoms with Gasteiger partial charge in [0.2, 0.25) is 0 Å². The molecule has 6 heteroatoms. The summed E-state index contributed by atoms with van der Waals surface area (Å²) in [4.78, 5) is 23.3. The topological polar surface area (TPSA) is 90.3 Å². The zero-order valence-corrected chi connectivity index (χ0v) is 11.3. The summed E-state index contributed by atoms with van der Waals surface area (Å²) in [5.74, 6) is -1.90. The normalized spacial score (nSPS) is 8.06. The summed E-state index contributed by atoms with van der Waals surface area (Å²) in [5, 5.41) is 17.8. The maximum atomic E-state index is 10.2. The fourth-order valence-corrected chi connectivity index (χ4v) is 0.693. The molecule has 1 heterocycles. The number of aliphatic carboxylic acids is 1. The maximum Gasteiger partial charge on any atom is 1.00 e. The Labute approximate surface area is 116 Å². The van der Waals surface area contributed by atoms with Crippen LogP contribution in [0.2, 0.25) is 0 Å². The number of nitrogens with zero attached hydrogens (tertiary/aromatic N) is 1. The number of carboxylic acid groups (broad SMARTS) is 2. The predicted molar refractivity (Wildman–Crippen MR) is 51.1 cm³/mol. The standard InChI is InChI=1S/C6H5NO2.C4H8O2.Na/c8-6(9)5-2-1-3-7-4-5;1-2-3-4(5)6;/h1-4H,(H,8,9);2-3H2,1H3,(H,5,6);/q;;+1/p-1. The Morgan fingerprint density at radius 2 is 2.12 bits per heavy atom. The molecule has 0 saturated heterocycles. The first-order valence-electron chi connectivity index (χ1n) is 4.41. The predicted octanol–water partition coefficient (Wildman–Crippen LogP) is -2.68. The number of aromatic carboxylic acids is 1. The summed E-state index contributed by atoms with van der Waals surface area (Å²) in [6.45, 7) is 1.80. The zero-order chi connectivity index (χ0) is 11.7. The van der Waals surface area contributed by atoms with Crippen LogP contribution in [-0.2, 0) is 4.79 Å². The van der Waals surface area contributed by atoms with E-state index in [9.17, 15) is 14.7 Å². The number of hydrogen-bond donors (Lipinski definition) is 1. The molecule has 1 aromatic rings. The summed E-state index contributed by atoms with van der Waals surface area (Å²) >= 11 is 0. The quantitative estimate of drug-likeness (QED) is 0.574. The molecular formula is C10H12NNaO4. The molecular weight excluding hydrogens is 221 g/mol. The molecule has 0 spiro atoms. The molecule has 1 rings (SSSR count). The van der Waals surface area contributed by atoms with E-state index < -0.39 is 11.9 Å². The van der Waals surface area contributed by atoms with E-state index in [-0.39, 0.29) is 41.5 Å². The molecule has 0 aliphatic heterocycles. The van der Waals surface area contributed by atoms with E-state index in [1.54, 1.807) is 13.0 Å². The number of rotatable bonds is 3. The average Bonchev–Trinajstić information content (AvgIpc) is 2.20. The van der Waals surface area contributed by atoms with Gasteiger partial charge in [-0.25, -0.2) is 4.79 Å². The molecule has 1 aromatic heterocycles. The monoisotopic (exact) mass is 233 g/mol. The molecule has 16 heavy (non-hydrogen) atoms. The fraction of sp³-hybridized carbons (Fsp3) is 0.300.